The maximum Gasteiger partial charge on any atom is 0.251 e. The van der Waals surface area contributed by atoms with Crippen LogP contribution in [-0.2, 0) is 4.79 Å². The highest BCUT2D eigenvalue weighted by Crippen LogP contribution is 2.27. The predicted octanol–water partition coefficient (Wildman–Crippen LogP) is 3.88. The molecule has 4 heteroatoms. The van der Waals surface area contributed by atoms with E-state index in [1.165, 1.54) is 0 Å². The van der Waals surface area contributed by atoms with E-state index in [-0.39, 0.29) is 18.2 Å². The zero-order valence-corrected chi connectivity index (χ0v) is 14.4. The monoisotopic (exact) mass is 324 g/mol. The number of hydrogen-bond donors (Lipinski definition) is 2. The topological polar surface area (TPSA) is 58.2 Å². The minimum absolute atomic E-state index is 0.0976. The molecule has 0 aliphatic heterocycles. The van der Waals surface area contributed by atoms with Crippen molar-refractivity contribution in [2.75, 3.05) is 11.9 Å². The van der Waals surface area contributed by atoms with Crippen LogP contribution in [0.2, 0.25) is 0 Å². The number of nitrogens with one attached hydrogen (secondary N) is 2. The van der Waals surface area contributed by atoms with Gasteiger partial charge in [-0.2, -0.15) is 0 Å². The van der Waals surface area contributed by atoms with E-state index >= 15 is 0 Å². The van der Waals surface area contributed by atoms with Gasteiger partial charge >= 0.3 is 0 Å². The molecule has 2 aromatic carbocycles. The van der Waals surface area contributed by atoms with Crippen LogP contribution in [0.4, 0.5) is 5.69 Å². The summed E-state index contributed by atoms with van der Waals surface area (Å²) in [5.74, 6) is 0.0692. The molecule has 0 atom stereocenters. The molecule has 0 aliphatic rings. The highest BCUT2D eigenvalue weighted by atomic mass is 16.2. The van der Waals surface area contributed by atoms with Crippen LogP contribution in [0.15, 0.2) is 48.5 Å². The summed E-state index contributed by atoms with van der Waals surface area (Å²) in [6, 6.07) is 15.0. The van der Waals surface area contributed by atoms with Gasteiger partial charge in [-0.25, -0.2) is 0 Å². The van der Waals surface area contributed by atoms with Gasteiger partial charge in [-0.1, -0.05) is 50.2 Å². The molecule has 0 unspecified atom stereocenters. The zero-order chi connectivity index (χ0) is 17.5. The van der Waals surface area contributed by atoms with Gasteiger partial charge in [0.15, 0.2) is 0 Å². The molecule has 0 saturated heterocycles. The highest BCUT2D eigenvalue weighted by molar-refractivity contribution is 5.95. The summed E-state index contributed by atoms with van der Waals surface area (Å²) in [6.45, 7) is 6.50. The van der Waals surface area contributed by atoms with Crippen LogP contribution in [0.1, 0.15) is 47.7 Å². The second-order valence-electron chi connectivity index (χ2n) is 6.11. The van der Waals surface area contributed by atoms with Gasteiger partial charge in [-0.3, -0.25) is 9.59 Å². The van der Waals surface area contributed by atoms with E-state index in [2.05, 4.69) is 24.5 Å². The molecule has 2 amide bonds. The molecule has 24 heavy (non-hydrogen) atoms. The summed E-state index contributed by atoms with van der Waals surface area (Å²) in [6.07, 6.45) is 0.241. The van der Waals surface area contributed by atoms with Crippen molar-refractivity contribution in [3.63, 3.8) is 0 Å². The zero-order valence-electron chi connectivity index (χ0n) is 14.4. The number of amides is 2. The average Bonchev–Trinajstić information content (AvgIpc) is 2.57. The Morgan fingerprint density at radius 1 is 1.00 bits per heavy atom. The first-order chi connectivity index (χ1) is 11.5. The molecule has 2 aromatic rings. The molecule has 0 spiro atoms. The minimum Gasteiger partial charge on any atom is -0.352 e. The third-order valence-electron chi connectivity index (χ3n) is 3.87. The summed E-state index contributed by atoms with van der Waals surface area (Å²) in [5.41, 5.74) is 3.64. The van der Waals surface area contributed by atoms with E-state index in [1.54, 1.807) is 12.1 Å². The van der Waals surface area contributed by atoms with Crippen LogP contribution in [0.5, 0.6) is 0 Å². The van der Waals surface area contributed by atoms with Gasteiger partial charge in [-0.05, 0) is 36.1 Å². The first-order valence-corrected chi connectivity index (χ1v) is 8.21. The van der Waals surface area contributed by atoms with Crippen molar-refractivity contribution in [1.29, 1.82) is 0 Å². The van der Waals surface area contributed by atoms with Crippen LogP contribution < -0.4 is 10.6 Å². The van der Waals surface area contributed by atoms with E-state index in [4.69, 9.17) is 0 Å². The van der Waals surface area contributed by atoms with Crippen molar-refractivity contribution in [3.05, 3.63) is 65.2 Å². The van der Waals surface area contributed by atoms with Gasteiger partial charge in [0.25, 0.3) is 5.91 Å². The highest BCUT2D eigenvalue weighted by Gasteiger charge is 2.12. The Labute approximate surface area is 143 Å². The lowest BCUT2D eigenvalue weighted by molar-refractivity contribution is -0.116. The number of carbonyl (C=O) groups is 2. The maximum atomic E-state index is 12.2. The Morgan fingerprint density at radius 3 is 2.38 bits per heavy atom. The summed E-state index contributed by atoms with van der Waals surface area (Å²) >= 11 is 0. The lowest BCUT2D eigenvalue weighted by atomic mass is 9.98. The Kier molecular flexibility index (Phi) is 6.13. The van der Waals surface area contributed by atoms with Crippen molar-refractivity contribution in [2.45, 2.75) is 33.1 Å². The fourth-order valence-electron chi connectivity index (χ4n) is 2.53. The molecule has 0 aromatic heterocycles. The fraction of sp³-hybridized carbons (Fsp3) is 0.300. The number of rotatable bonds is 6. The van der Waals surface area contributed by atoms with Crippen LogP contribution >= 0.6 is 0 Å². The van der Waals surface area contributed by atoms with Gasteiger partial charge in [0.1, 0.15) is 0 Å². The Balaban J connectivity index is 1.89. The summed E-state index contributed by atoms with van der Waals surface area (Å²) in [4.78, 5) is 24.1. The molecule has 0 heterocycles. The number of anilines is 1. The van der Waals surface area contributed by atoms with Gasteiger partial charge in [-0.15, -0.1) is 0 Å². The molecular weight excluding hydrogens is 300 g/mol. The molecule has 0 aliphatic carbocycles. The molecule has 0 fully saturated rings. The molecule has 0 radical (unpaired) electrons. The minimum atomic E-state index is -0.165. The summed E-state index contributed by atoms with van der Waals surface area (Å²) < 4.78 is 0. The van der Waals surface area contributed by atoms with Crippen LogP contribution in [0, 0.1) is 6.92 Å². The van der Waals surface area contributed by atoms with Gasteiger partial charge in [0, 0.05) is 24.2 Å². The van der Waals surface area contributed by atoms with Crippen molar-refractivity contribution >= 4 is 17.5 Å². The molecule has 0 saturated carbocycles. The quantitative estimate of drug-likeness (QED) is 0.847. The molecule has 126 valence electrons. The lowest BCUT2D eigenvalue weighted by Gasteiger charge is -2.16. The number of aryl methyl sites for hydroxylation is 1. The third-order valence-corrected chi connectivity index (χ3v) is 3.87. The Morgan fingerprint density at radius 2 is 1.71 bits per heavy atom. The smallest absolute Gasteiger partial charge is 0.251 e. The SMILES string of the molecule is Cc1cccc(C(C)C)c1NC(=O)CCNC(=O)c1ccccc1. The van der Waals surface area contributed by atoms with Gasteiger partial charge in [0.05, 0.1) is 0 Å². The number of carbonyl (C=O) groups excluding carboxylic acids is 2. The predicted molar refractivity (Wildman–Crippen MR) is 97.3 cm³/mol. The molecule has 2 rings (SSSR count). The molecule has 4 nitrogen and oxygen atoms in total. The number of para-hydroxylation sites is 1. The van der Waals surface area contributed by atoms with Crippen LogP contribution in [0.3, 0.4) is 0 Å². The van der Waals surface area contributed by atoms with E-state index in [0.717, 1.165) is 16.8 Å². The molecule has 0 bridgehead atoms. The number of hydrogen-bond acceptors (Lipinski definition) is 2. The first-order valence-electron chi connectivity index (χ1n) is 8.21. The Hall–Kier alpha value is -2.62. The third kappa shape index (κ3) is 4.69. The van der Waals surface area contributed by atoms with Crippen LogP contribution in [0.25, 0.3) is 0 Å². The fourth-order valence-corrected chi connectivity index (χ4v) is 2.53. The van der Waals surface area contributed by atoms with E-state index in [9.17, 15) is 9.59 Å². The van der Waals surface area contributed by atoms with Gasteiger partial charge < -0.3 is 10.6 Å². The van der Waals surface area contributed by atoms with Crippen molar-refractivity contribution < 1.29 is 9.59 Å². The van der Waals surface area contributed by atoms with E-state index in [0.29, 0.717) is 18.0 Å². The second-order valence-corrected chi connectivity index (χ2v) is 6.11. The second kappa shape index (κ2) is 8.29. The number of benzene rings is 2. The van der Waals surface area contributed by atoms with E-state index < -0.39 is 0 Å². The van der Waals surface area contributed by atoms with Crippen molar-refractivity contribution in [3.8, 4) is 0 Å². The van der Waals surface area contributed by atoms with Crippen molar-refractivity contribution in [1.82, 2.24) is 5.32 Å². The maximum absolute atomic E-state index is 12.2. The van der Waals surface area contributed by atoms with Crippen LogP contribution in [-0.4, -0.2) is 18.4 Å². The molecular formula is C20H24N2O2. The summed E-state index contributed by atoms with van der Waals surface area (Å²) in [7, 11) is 0. The van der Waals surface area contributed by atoms with Crippen molar-refractivity contribution in [2.24, 2.45) is 0 Å². The lowest BCUT2D eigenvalue weighted by Crippen LogP contribution is -2.27. The van der Waals surface area contributed by atoms with E-state index in [1.807, 2.05) is 43.3 Å². The molecule has 2 N–H and O–H groups in total. The normalized spacial score (nSPS) is 10.5. The largest absolute Gasteiger partial charge is 0.352 e. The summed E-state index contributed by atoms with van der Waals surface area (Å²) in [5, 5.41) is 5.75. The average molecular weight is 324 g/mol. The van der Waals surface area contributed by atoms with Gasteiger partial charge in [0.2, 0.25) is 5.91 Å². The standard InChI is InChI=1S/C20H24N2O2/c1-14(2)17-11-7-8-15(3)19(17)22-18(23)12-13-21-20(24)16-9-5-4-6-10-16/h4-11,14H,12-13H2,1-3H3,(H,21,24)(H,22,23). The first kappa shape index (κ1) is 17.7. The Bertz CT molecular complexity index is 709.